The van der Waals surface area contributed by atoms with Gasteiger partial charge in [-0.3, -0.25) is 4.79 Å². The molecule has 2 aromatic heterocycles. The molecule has 0 atom stereocenters. The van der Waals surface area contributed by atoms with Crippen LogP contribution in [0.2, 0.25) is 5.02 Å². The van der Waals surface area contributed by atoms with Gasteiger partial charge < -0.3 is 19.1 Å². The molecule has 34 heavy (non-hydrogen) atoms. The summed E-state index contributed by atoms with van der Waals surface area (Å²) in [5.74, 6) is 2.29. The number of amides is 1. The van der Waals surface area contributed by atoms with Crippen LogP contribution in [0.3, 0.4) is 0 Å². The number of oxazole rings is 1. The molecule has 8 heteroatoms. The summed E-state index contributed by atoms with van der Waals surface area (Å²) in [6.07, 6.45) is 9.27. The zero-order valence-corrected chi connectivity index (χ0v) is 20.8. The summed E-state index contributed by atoms with van der Waals surface area (Å²) in [5.41, 5.74) is 1.95. The number of nitrogens with one attached hydrogen (secondary N) is 1. The highest BCUT2D eigenvalue weighted by molar-refractivity contribution is 7.99. The van der Waals surface area contributed by atoms with Gasteiger partial charge in [0.2, 0.25) is 0 Å². The number of hydrogen-bond donors (Lipinski definition) is 1. The average Bonchev–Trinajstić information content (AvgIpc) is 3.38. The van der Waals surface area contributed by atoms with Gasteiger partial charge in [-0.2, -0.15) is 4.98 Å². The fourth-order valence-corrected chi connectivity index (χ4v) is 6.54. The summed E-state index contributed by atoms with van der Waals surface area (Å²) < 4.78 is 11.8. The van der Waals surface area contributed by atoms with E-state index in [-0.39, 0.29) is 11.9 Å². The first kappa shape index (κ1) is 22.4. The van der Waals surface area contributed by atoms with E-state index in [4.69, 9.17) is 20.4 Å². The lowest BCUT2D eigenvalue weighted by molar-refractivity contribution is 0.0835. The number of piperidine rings is 1. The Morgan fingerprint density at radius 1 is 1.09 bits per heavy atom. The number of rotatable bonds is 6. The van der Waals surface area contributed by atoms with Gasteiger partial charge >= 0.3 is 0 Å². The van der Waals surface area contributed by atoms with Crippen molar-refractivity contribution in [2.45, 2.75) is 62.5 Å². The smallest absolute Gasteiger partial charge is 0.298 e. The van der Waals surface area contributed by atoms with Crippen molar-refractivity contribution in [1.29, 1.82) is 0 Å². The standard InChI is InChI=1S/C26H30ClN3O3S/c27-18-3-4-21-20(15-18)29-25(33-21)30-13-11-26(12-14-30)9-7-19(8-10-26)28-24(31)22-5-6-23(32-22)34-16-17-1-2-17/h3-6,15,17,19H,1-2,7-14,16H2,(H,28,31). The third kappa shape index (κ3) is 4.82. The van der Waals surface area contributed by atoms with Crippen LogP contribution in [-0.2, 0) is 0 Å². The zero-order chi connectivity index (χ0) is 23.1. The largest absolute Gasteiger partial charge is 0.445 e. The van der Waals surface area contributed by atoms with Gasteiger partial charge in [0.15, 0.2) is 16.4 Å². The van der Waals surface area contributed by atoms with Gasteiger partial charge in [-0.25, -0.2) is 0 Å². The number of benzene rings is 1. The molecule has 1 N–H and O–H groups in total. The lowest BCUT2D eigenvalue weighted by Crippen LogP contribution is -2.45. The van der Waals surface area contributed by atoms with Crippen LogP contribution in [-0.4, -0.2) is 35.8 Å². The lowest BCUT2D eigenvalue weighted by atomic mass is 9.67. The summed E-state index contributed by atoms with van der Waals surface area (Å²) in [6, 6.07) is 10.2. The summed E-state index contributed by atoms with van der Waals surface area (Å²) in [7, 11) is 0. The summed E-state index contributed by atoms with van der Waals surface area (Å²) >= 11 is 7.81. The van der Waals surface area contributed by atoms with Crippen molar-refractivity contribution < 1.29 is 13.6 Å². The van der Waals surface area contributed by atoms with Crippen LogP contribution in [0.25, 0.3) is 11.1 Å². The molecule has 0 unspecified atom stereocenters. The number of thioether (sulfide) groups is 1. The highest BCUT2D eigenvalue weighted by atomic mass is 35.5. The first-order valence-corrected chi connectivity index (χ1v) is 13.8. The highest BCUT2D eigenvalue weighted by Crippen LogP contribution is 2.45. The minimum Gasteiger partial charge on any atom is -0.445 e. The van der Waals surface area contributed by atoms with Crippen molar-refractivity contribution in [2.24, 2.45) is 11.3 Å². The number of anilines is 1. The molecule has 1 saturated heterocycles. The van der Waals surface area contributed by atoms with Crippen LogP contribution in [0.5, 0.6) is 0 Å². The molecule has 1 spiro atoms. The van der Waals surface area contributed by atoms with E-state index in [0.717, 1.165) is 79.5 Å². The van der Waals surface area contributed by atoms with E-state index in [0.29, 0.717) is 22.2 Å². The molecular weight excluding hydrogens is 470 g/mol. The zero-order valence-electron chi connectivity index (χ0n) is 19.2. The molecule has 6 nitrogen and oxygen atoms in total. The number of hydrogen-bond acceptors (Lipinski definition) is 6. The van der Waals surface area contributed by atoms with Gasteiger partial charge in [-0.15, -0.1) is 0 Å². The van der Waals surface area contributed by atoms with Gasteiger partial charge in [-0.05, 0) is 93.0 Å². The molecule has 1 aliphatic heterocycles. The maximum absolute atomic E-state index is 12.7. The van der Waals surface area contributed by atoms with Crippen LogP contribution < -0.4 is 10.2 Å². The first-order chi connectivity index (χ1) is 16.6. The van der Waals surface area contributed by atoms with Crippen molar-refractivity contribution in [1.82, 2.24) is 10.3 Å². The Hall–Kier alpha value is -2.12. The van der Waals surface area contributed by atoms with Crippen molar-refractivity contribution in [3.8, 4) is 0 Å². The second kappa shape index (κ2) is 9.15. The molecule has 2 saturated carbocycles. The number of furan rings is 1. The molecule has 1 aromatic carbocycles. The quantitative estimate of drug-likeness (QED) is 0.388. The fraction of sp³-hybridized carbons (Fsp3) is 0.538. The summed E-state index contributed by atoms with van der Waals surface area (Å²) in [6.45, 7) is 1.90. The van der Waals surface area contributed by atoms with Gasteiger partial charge in [0.1, 0.15) is 5.52 Å². The third-order valence-electron chi connectivity index (χ3n) is 7.78. The number of nitrogens with zero attached hydrogens (tertiary/aromatic N) is 2. The van der Waals surface area contributed by atoms with E-state index in [2.05, 4.69) is 15.2 Å². The number of aromatic nitrogens is 1. The second-order valence-electron chi connectivity index (χ2n) is 10.2. The molecule has 0 bridgehead atoms. The van der Waals surface area contributed by atoms with E-state index in [9.17, 15) is 4.79 Å². The Morgan fingerprint density at radius 2 is 1.88 bits per heavy atom. The summed E-state index contributed by atoms with van der Waals surface area (Å²) in [5, 5.41) is 4.74. The predicted octanol–water partition coefficient (Wildman–Crippen LogP) is 6.54. The Morgan fingerprint density at radius 3 is 2.65 bits per heavy atom. The maximum atomic E-state index is 12.7. The van der Waals surface area contributed by atoms with Crippen molar-refractivity contribution in [2.75, 3.05) is 23.7 Å². The van der Waals surface area contributed by atoms with Gasteiger partial charge in [0.05, 0.1) is 0 Å². The Labute approximate surface area is 208 Å². The Kier molecular flexibility index (Phi) is 6.02. The Bertz CT molecular complexity index is 1170. The SMILES string of the molecule is O=C(NC1CCC2(CC1)CCN(c1nc3cc(Cl)ccc3o1)CC2)c1ccc(SCC2CC2)o1. The van der Waals surface area contributed by atoms with E-state index >= 15 is 0 Å². The number of carbonyl (C=O) groups excluding carboxylic acids is 1. The van der Waals surface area contributed by atoms with Crippen LogP contribution >= 0.6 is 23.4 Å². The lowest BCUT2D eigenvalue weighted by Gasteiger charge is -2.45. The number of halogens is 1. The molecule has 3 fully saturated rings. The van der Waals surface area contributed by atoms with Crippen LogP contribution in [0.4, 0.5) is 6.01 Å². The van der Waals surface area contributed by atoms with Gasteiger partial charge in [-0.1, -0.05) is 23.4 Å². The van der Waals surface area contributed by atoms with Crippen molar-refractivity contribution in [3.05, 3.63) is 41.1 Å². The predicted molar refractivity (Wildman–Crippen MR) is 135 cm³/mol. The summed E-state index contributed by atoms with van der Waals surface area (Å²) in [4.78, 5) is 19.6. The van der Waals surface area contributed by atoms with E-state index in [1.807, 2.05) is 30.3 Å². The fourth-order valence-electron chi connectivity index (χ4n) is 5.33. The molecule has 3 aromatic rings. The molecule has 0 radical (unpaired) electrons. The minimum absolute atomic E-state index is 0.0786. The van der Waals surface area contributed by atoms with E-state index in [1.165, 1.54) is 12.8 Å². The maximum Gasteiger partial charge on any atom is 0.298 e. The van der Waals surface area contributed by atoms with E-state index < -0.39 is 0 Å². The molecule has 3 aliphatic rings. The first-order valence-electron chi connectivity index (χ1n) is 12.4. The van der Waals surface area contributed by atoms with Crippen LogP contribution in [0.15, 0.2) is 44.3 Å². The van der Waals surface area contributed by atoms with Crippen molar-refractivity contribution in [3.63, 3.8) is 0 Å². The molecule has 2 aliphatic carbocycles. The molecule has 1 amide bonds. The van der Waals surface area contributed by atoms with Crippen molar-refractivity contribution >= 4 is 46.4 Å². The van der Waals surface area contributed by atoms with Gasteiger partial charge in [0, 0.05) is 29.9 Å². The highest BCUT2D eigenvalue weighted by Gasteiger charge is 2.39. The van der Waals surface area contributed by atoms with Crippen LogP contribution in [0.1, 0.15) is 61.9 Å². The third-order valence-corrected chi connectivity index (χ3v) is 9.15. The Balaban J connectivity index is 0.991. The van der Waals surface area contributed by atoms with E-state index in [1.54, 1.807) is 11.8 Å². The van der Waals surface area contributed by atoms with Gasteiger partial charge in [0.25, 0.3) is 11.9 Å². The molecule has 6 rings (SSSR count). The molecular formula is C26H30ClN3O3S. The monoisotopic (exact) mass is 499 g/mol. The topological polar surface area (TPSA) is 71.5 Å². The number of fused-ring (bicyclic) bond motifs is 1. The average molecular weight is 500 g/mol. The second-order valence-corrected chi connectivity index (χ2v) is 11.7. The molecule has 180 valence electrons. The normalized spacial score (nSPS) is 20.8. The van der Waals surface area contributed by atoms with Crippen LogP contribution in [0, 0.1) is 11.3 Å². The number of carbonyl (C=O) groups is 1. The molecule has 3 heterocycles. The minimum atomic E-state index is -0.0786.